The van der Waals surface area contributed by atoms with Crippen LogP contribution in [0.15, 0.2) is 0 Å². The van der Waals surface area contributed by atoms with Gasteiger partial charge in [-0.2, -0.15) is 0 Å². The SMILES string of the molecule is [CH3][Al+2].[CH3][Al+2].[O-2].[O-2]. The van der Waals surface area contributed by atoms with Gasteiger partial charge in [0, 0.05) is 0 Å². The zero-order chi connectivity index (χ0) is 4.00. The molecule has 4 heteroatoms. The predicted octanol–water partition coefficient (Wildman–Crippen LogP) is 0.168. The van der Waals surface area contributed by atoms with Crippen LogP contribution in [0.1, 0.15) is 0 Å². The van der Waals surface area contributed by atoms with Crippen LogP contribution in [0.2, 0.25) is 11.6 Å². The molecule has 0 amide bonds. The number of hydrogen-bond donors (Lipinski definition) is 0. The normalized spacial score (nSPS) is 2.33. The first-order valence-electron chi connectivity index (χ1n) is 1.15. The van der Waals surface area contributed by atoms with Gasteiger partial charge in [0.1, 0.15) is 0 Å². The minimum atomic E-state index is 0. The van der Waals surface area contributed by atoms with Gasteiger partial charge in [0.05, 0.1) is 0 Å². The van der Waals surface area contributed by atoms with Gasteiger partial charge in [-0.3, -0.25) is 0 Å². The van der Waals surface area contributed by atoms with Gasteiger partial charge in [-0.25, -0.2) is 0 Å². The van der Waals surface area contributed by atoms with Crippen molar-refractivity contribution in [2.75, 3.05) is 0 Å². The van der Waals surface area contributed by atoms with Gasteiger partial charge in [-0.1, -0.05) is 0 Å². The molecule has 0 N–H and O–H groups in total. The van der Waals surface area contributed by atoms with Crippen molar-refractivity contribution in [3.63, 3.8) is 0 Å². The van der Waals surface area contributed by atoms with Crippen LogP contribution in [0.3, 0.4) is 0 Å². The average Bonchev–Trinajstić information content (AvgIpc) is 1.50. The first-order chi connectivity index (χ1) is 2.00. The van der Waals surface area contributed by atoms with Gasteiger partial charge < -0.3 is 11.0 Å². The van der Waals surface area contributed by atoms with Crippen molar-refractivity contribution in [3.8, 4) is 0 Å². The third kappa shape index (κ3) is 81.6. The van der Waals surface area contributed by atoms with E-state index in [0.29, 0.717) is 0 Å². The summed E-state index contributed by atoms with van der Waals surface area (Å²) in [6.07, 6.45) is 0. The molecule has 6 heavy (non-hydrogen) atoms. The fraction of sp³-hybridized carbons (Fsp3) is 1.00. The van der Waals surface area contributed by atoms with Gasteiger partial charge in [0.25, 0.3) is 0 Å². The van der Waals surface area contributed by atoms with Crippen LogP contribution >= 0.6 is 0 Å². The molecule has 2 nitrogen and oxygen atoms in total. The van der Waals surface area contributed by atoms with Crippen molar-refractivity contribution in [3.05, 3.63) is 0 Å². The van der Waals surface area contributed by atoms with E-state index in [1.807, 2.05) is 11.6 Å². The fourth-order valence-electron chi connectivity index (χ4n) is 0. The van der Waals surface area contributed by atoms with Crippen molar-refractivity contribution in [1.29, 1.82) is 0 Å². The quantitative estimate of drug-likeness (QED) is 0.405. The van der Waals surface area contributed by atoms with Gasteiger partial charge >= 0.3 is 44.2 Å². The Morgan fingerprint density at radius 3 is 0.667 bits per heavy atom. The summed E-state index contributed by atoms with van der Waals surface area (Å²) in [5.74, 6) is 3.83. The minimum Gasteiger partial charge on any atom is -2.00 e. The Bertz CT molecular complexity index is 9.51. The molecule has 0 saturated heterocycles. The molecule has 0 heterocycles. The van der Waals surface area contributed by atoms with Crippen LogP contribution in [-0.2, 0) is 11.0 Å². The summed E-state index contributed by atoms with van der Waals surface area (Å²) >= 11 is 4.83. The second-order valence-corrected chi connectivity index (χ2v) is 0. The molecule has 0 aromatic heterocycles. The molecular weight excluding hydrogens is 110 g/mol. The summed E-state index contributed by atoms with van der Waals surface area (Å²) in [5.41, 5.74) is 0. The maximum atomic E-state index is 2.42. The molecule has 0 aromatic carbocycles. The topological polar surface area (TPSA) is 57.0 Å². The predicted molar refractivity (Wildman–Crippen MR) is 24.6 cm³/mol. The van der Waals surface area contributed by atoms with Crippen LogP contribution in [-0.4, -0.2) is 32.6 Å². The Labute approximate surface area is 55.4 Å². The second kappa shape index (κ2) is 153. The molecule has 0 aliphatic rings. The summed E-state index contributed by atoms with van der Waals surface area (Å²) in [5, 5.41) is 0. The Balaban J connectivity index is -0.00000000500. The summed E-state index contributed by atoms with van der Waals surface area (Å²) in [6.45, 7) is 0. The molecule has 0 aromatic rings. The van der Waals surface area contributed by atoms with Crippen LogP contribution in [0.4, 0.5) is 0 Å². The Morgan fingerprint density at radius 1 is 0.667 bits per heavy atom. The van der Waals surface area contributed by atoms with Gasteiger partial charge in [-0.05, 0) is 0 Å². The van der Waals surface area contributed by atoms with Gasteiger partial charge in [0.15, 0.2) is 0 Å². The molecule has 0 atom stereocenters. The van der Waals surface area contributed by atoms with Crippen LogP contribution in [0.5, 0.6) is 0 Å². The molecule has 0 spiro atoms. The maximum Gasteiger partial charge on any atom is -2.00 e. The summed E-state index contributed by atoms with van der Waals surface area (Å²) < 4.78 is 0. The molecule has 0 aliphatic carbocycles. The number of hydrogen-bond acceptors (Lipinski definition) is 0. The van der Waals surface area contributed by atoms with E-state index in [2.05, 4.69) is 32.6 Å². The van der Waals surface area contributed by atoms with E-state index in [-0.39, 0.29) is 11.0 Å². The molecule has 0 aliphatic heterocycles. The molecule has 0 unspecified atom stereocenters. The Hall–Kier alpha value is 0.985. The van der Waals surface area contributed by atoms with E-state index < -0.39 is 0 Å². The fourth-order valence-corrected chi connectivity index (χ4v) is 0. The molecule has 32 valence electrons. The maximum absolute atomic E-state index is 2.42. The van der Waals surface area contributed by atoms with Crippen molar-refractivity contribution >= 4 is 32.6 Å². The zero-order valence-corrected chi connectivity index (χ0v) is 6.28. The second-order valence-electron chi connectivity index (χ2n) is 0. The third-order valence-corrected chi connectivity index (χ3v) is 0. The number of rotatable bonds is 0. The first kappa shape index (κ1) is 28.1. The smallest absolute Gasteiger partial charge is 2.00 e. The minimum absolute atomic E-state index is 0. The van der Waals surface area contributed by atoms with Gasteiger partial charge in [0.2, 0.25) is 0 Å². The average molecular weight is 116 g/mol. The standard InChI is InChI=1S/2CH3.2Al.2O/h2*1H3;;;;/q;;2*+2;2*-2. The third-order valence-electron chi connectivity index (χ3n) is 0. The molecule has 0 fully saturated rings. The summed E-state index contributed by atoms with van der Waals surface area (Å²) in [6, 6.07) is 0. The molecular formula is C2H6Al2O2. The first-order valence-corrected chi connectivity index (χ1v) is 3.46. The summed E-state index contributed by atoms with van der Waals surface area (Å²) in [4.78, 5) is 0. The molecule has 0 rings (SSSR count). The molecule has 0 saturated carbocycles. The van der Waals surface area contributed by atoms with E-state index in [0.717, 1.165) is 0 Å². The van der Waals surface area contributed by atoms with E-state index in [9.17, 15) is 0 Å². The van der Waals surface area contributed by atoms with Crippen molar-refractivity contribution in [2.24, 2.45) is 0 Å². The van der Waals surface area contributed by atoms with Crippen LogP contribution in [0, 0.1) is 0 Å². The zero-order valence-electron chi connectivity index (χ0n) is 3.97. The van der Waals surface area contributed by atoms with Crippen molar-refractivity contribution < 1.29 is 11.0 Å². The molecule has 0 bridgehead atoms. The van der Waals surface area contributed by atoms with Gasteiger partial charge in [-0.15, -0.1) is 0 Å². The Kier molecular flexibility index (Phi) is 718. The molecule has 0 radical (unpaired) electrons. The van der Waals surface area contributed by atoms with E-state index in [4.69, 9.17) is 0 Å². The van der Waals surface area contributed by atoms with E-state index in [1.165, 1.54) is 0 Å². The van der Waals surface area contributed by atoms with E-state index in [1.54, 1.807) is 0 Å². The van der Waals surface area contributed by atoms with Crippen LogP contribution in [0.25, 0.3) is 0 Å². The van der Waals surface area contributed by atoms with Crippen molar-refractivity contribution in [1.82, 2.24) is 0 Å². The van der Waals surface area contributed by atoms with E-state index >= 15 is 0 Å². The largest absolute Gasteiger partial charge is 2.00 e. The summed E-state index contributed by atoms with van der Waals surface area (Å²) in [7, 11) is 0. The monoisotopic (exact) mass is 116 g/mol. The van der Waals surface area contributed by atoms with Crippen molar-refractivity contribution in [2.45, 2.75) is 11.6 Å². The van der Waals surface area contributed by atoms with Crippen LogP contribution < -0.4 is 0 Å². The Morgan fingerprint density at radius 2 is 0.667 bits per heavy atom.